The fraction of sp³-hybridized carbons (Fsp3) is 0.714. The van der Waals surface area contributed by atoms with Crippen LogP contribution < -0.4 is 5.73 Å². The Morgan fingerprint density at radius 2 is 2.38 bits per heavy atom. The summed E-state index contributed by atoms with van der Waals surface area (Å²) in [5, 5.41) is 10.9. The van der Waals surface area contributed by atoms with Crippen molar-refractivity contribution in [3.63, 3.8) is 0 Å². The fourth-order valence-electron chi connectivity index (χ4n) is 0.788. The van der Waals surface area contributed by atoms with E-state index in [2.05, 4.69) is 0 Å². The molecule has 0 spiro atoms. The van der Waals surface area contributed by atoms with Gasteiger partial charge < -0.3 is 10.6 Å². The highest BCUT2D eigenvalue weighted by molar-refractivity contribution is 8.02. The van der Waals surface area contributed by atoms with Gasteiger partial charge in [0.25, 0.3) is 6.20 Å². The molecule has 0 amide bonds. The number of nitrogens with two attached hydrogens (primary N) is 1. The van der Waals surface area contributed by atoms with Crippen LogP contribution in [0.3, 0.4) is 0 Å². The summed E-state index contributed by atoms with van der Waals surface area (Å²) in [6, 6.07) is 0. The third kappa shape index (κ3) is 5.48. The van der Waals surface area contributed by atoms with E-state index in [0.717, 1.165) is 12.0 Å². The van der Waals surface area contributed by atoms with Gasteiger partial charge in [0.05, 0.1) is 4.92 Å². The van der Waals surface area contributed by atoms with E-state index in [9.17, 15) is 10.1 Å². The van der Waals surface area contributed by atoms with Crippen molar-refractivity contribution in [1.29, 1.82) is 0 Å². The average Bonchev–Trinajstić information content (AvgIpc) is 2.03. The molecule has 6 heteroatoms. The number of hydrogen-bond donors (Lipinski definition) is 1. The summed E-state index contributed by atoms with van der Waals surface area (Å²) in [6.45, 7) is 3.08. The molecule has 0 fully saturated rings. The van der Waals surface area contributed by atoms with Gasteiger partial charge in [0.2, 0.25) is 0 Å². The largest absolute Gasteiger partial charge is 0.363 e. The van der Waals surface area contributed by atoms with Crippen LogP contribution in [0.5, 0.6) is 0 Å². The zero-order chi connectivity index (χ0) is 10.3. The summed E-state index contributed by atoms with van der Waals surface area (Å²) in [5.74, 6) is 0.814. The van der Waals surface area contributed by atoms with Gasteiger partial charge in [-0.15, -0.1) is 11.8 Å². The van der Waals surface area contributed by atoms with E-state index in [1.165, 1.54) is 11.8 Å². The maximum atomic E-state index is 10.3. The third-order valence-electron chi connectivity index (χ3n) is 1.35. The smallest absolute Gasteiger partial charge is 0.264 e. The number of rotatable bonds is 6. The highest BCUT2D eigenvalue weighted by Crippen LogP contribution is 2.17. The third-order valence-corrected chi connectivity index (χ3v) is 2.35. The molecule has 0 bridgehead atoms. The van der Waals surface area contributed by atoms with Crippen molar-refractivity contribution in [3.8, 4) is 0 Å². The molecule has 0 unspecified atom stereocenters. The minimum absolute atomic E-state index is 0.439. The SMILES string of the molecule is CCSC(=C[N+](=O)[O-])N(C)CCN. The normalized spacial score (nSPS) is 11.5. The van der Waals surface area contributed by atoms with Crippen molar-refractivity contribution in [2.75, 3.05) is 25.9 Å². The number of thioether (sulfide) groups is 1. The quantitative estimate of drug-likeness (QED) is 0.510. The highest BCUT2D eigenvalue weighted by Gasteiger charge is 2.07. The van der Waals surface area contributed by atoms with Crippen molar-refractivity contribution in [1.82, 2.24) is 4.90 Å². The zero-order valence-corrected chi connectivity index (χ0v) is 8.71. The van der Waals surface area contributed by atoms with E-state index in [0.29, 0.717) is 18.1 Å². The van der Waals surface area contributed by atoms with E-state index in [1.54, 1.807) is 11.9 Å². The average molecular weight is 205 g/mol. The van der Waals surface area contributed by atoms with Crippen molar-refractivity contribution >= 4 is 11.8 Å². The summed E-state index contributed by atoms with van der Waals surface area (Å²) in [4.78, 5) is 11.6. The standard InChI is InChI=1S/C7H15N3O2S/c1-3-13-7(6-10(11)12)9(2)5-4-8/h6H,3-5,8H2,1-2H3. The zero-order valence-electron chi connectivity index (χ0n) is 7.90. The molecule has 13 heavy (non-hydrogen) atoms. The second-order valence-corrected chi connectivity index (χ2v) is 3.68. The molecule has 0 aliphatic heterocycles. The molecule has 0 radical (unpaired) electrons. The van der Waals surface area contributed by atoms with Crippen molar-refractivity contribution in [2.45, 2.75) is 6.92 Å². The molecule has 0 saturated heterocycles. The Morgan fingerprint density at radius 1 is 1.77 bits per heavy atom. The number of nitro groups is 1. The van der Waals surface area contributed by atoms with Crippen molar-refractivity contribution in [2.24, 2.45) is 5.73 Å². The summed E-state index contributed by atoms with van der Waals surface area (Å²) in [5.41, 5.74) is 5.35. The first kappa shape index (κ1) is 12.2. The van der Waals surface area contributed by atoms with E-state index in [4.69, 9.17) is 5.73 Å². The van der Waals surface area contributed by atoms with Crippen LogP contribution in [0.25, 0.3) is 0 Å². The number of nitrogens with zero attached hydrogens (tertiary/aromatic N) is 2. The lowest BCUT2D eigenvalue weighted by atomic mass is 10.6. The molecular weight excluding hydrogens is 190 g/mol. The summed E-state index contributed by atoms with van der Waals surface area (Å²) in [7, 11) is 1.80. The van der Waals surface area contributed by atoms with E-state index >= 15 is 0 Å². The van der Waals surface area contributed by atoms with Gasteiger partial charge in [-0.1, -0.05) is 6.92 Å². The molecule has 2 N–H and O–H groups in total. The lowest BCUT2D eigenvalue weighted by Gasteiger charge is -2.18. The molecule has 0 aromatic rings. The Balaban J connectivity index is 4.30. The monoisotopic (exact) mass is 205 g/mol. The topological polar surface area (TPSA) is 72.4 Å². The van der Waals surface area contributed by atoms with Gasteiger partial charge in [0.1, 0.15) is 5.03 Å². The Bertz CT molecular complexity index is 196. The molecule has 0 atom stereocenters. The molecule has 0 saturated carbocycles. The number of hydrogen-bond acceptors (Lipinski definition) is 5. The lowest BCUT2D eigenvalue weighted by molar-refractivity contribution is -0.403. The molecule has 76 valence electrons. The molecule has 5 nitrogen and oxygen atoms in total. The molecule has 0 aliphatic rings. The second kappa shape index (κ2) is 6.73. The van der Waals surface area contributed by atoms with Crippen molar-refractivity contribution in [3.05, 3.63) is 21.3 Å². The Labute approximate surface area is 82.1 Å². The van der Waals surface area contributed by atoms with E-state index < -0.39 is 4.92 Å². The first-order valence-corrected chi connectivity index (χ1v) is 4.99. The minimum atomic E-state index is -0.439. The first-order chi connectivity index (χ1) is 6.11. The Morgan fingerprint density at radius 3 is 2.77 bits per heavy atom. The summed E-state index contributed by atoms with van der Waals surface area (Å²) in [6.07, 6.45) is 1.02. The molecule has 0 aliphatic carbocycles. The van der Waals surface area contributed by atoms with Crippen LogP contribution in [0.2, 0.25) is 0 Å². The van der Waals surface area contributed by atoms with Crippen LogP contribution in [0.4, 0.5) is 0 Å². The molecule has 0 heterocycles. The molecular formula is C7H15N3O2S. The number of likely N-dealkylation sites (N-methyl/N-ethyl adjacent to an activating group) is 1. The van der Waals surface area contributed by atoms with Crippen LogP contribution in [-0.2, 0) is 0 Å². The lowest BCUT2D eigenvalue weighted by Crippen LogP contribution is -2.24. The summed E-state index contributed by atoms with van der Waals surface area (Å²) >= 11 is 1.44. The van der Waals surface area contributed by atoms with Crippen LogP contribution >= 0.6 is 11.8 Å². The van der Waals surface area contributed by atoms with Gasteiger partial charge in [-0.05, 0) is 5.75 Å². The molecule has 0 aromatic heterocycles. The van der Waals surface area contributed by atoms with Crippen LogP contribution in [0, 0.1) is 10.1 Å². The molecule has 0 aromatic carbocycles. The fourth-order valence-corrected chi connectivity index (χ4v) is 1.56. The maximum Gasteiger partial charge on any atom is 0.264 e. The van der Waals surface area contributed by atoms with Gasteiger partial charge in [-0.2, -0.15) is 0 Å². The predicted molar refractivity (Wildman–Crippen MR) is 54.9 cm³/mol. The van der Waals surface area contributed by atoms with Gasteiger partial charge in [-0.3, -0.25) is 10.1 Å². The predicted octanol–water partition coefficient (Wildman–Crippen LogP) is 0.706. The van der Waals surface area contributed by atoms with E-state index in [-0.39, 0.29) is 0 Å². The summed E-state index contributed by atoms with van der Waals surface area (Å²) < 4.78 is 0. The van der Waals surface area contributed by atoms with Crippen LogP contribution in [-0.4, -0.2) is 35.7 Å². The molecule has 0 rings (SSSR count). The van der Waals surface area contributed by atoms with Crippen LogP contribution in [0.1, 0.15) is 6.92 Å². The Kier molecular flexibility index (Phi) is 6.34. The van der Waals surface area contributed by atoms with Gasteiger partial charge in [0, 0.05) is 20.1 Å². The second-order valence-electron chi connectivity index (χ2n) is 2.40. The van der Waals surface area contributed by atoms with Gasteiger partial charge >= 0.3 is 0 Å². The van der Waals surface area contributed by atoms with Gasteiger partial charge in [-0.25, -0.2) is 0 Å². The minimum Gasteiger partial charge on any atom is -0.363 e. The van der Waals surface area contributed by atoms with Crippen molar-refractivity contribution < 1.29 is 4.92 Å². The maximum absolute atomic E-state index is 10.3. The first-order valence-electron chi connectivity index (χ1n) is 4.01. The van der Waals surface area contributed by atoms with E-state index in [1.807, 2.05) is 6.92 Å². The van der Waals surface area contributed by atoms with Gasteiger partial charge in [0.15, 0.2) is 0 Å². The van der Waals surface area contributed by atoms with Crippen LogP contribution in [0.15, 0.2) is 11.2 Å². The Hall–Kier alpha value is -0.750. The highest BCUT2D eigenvalue weighted by atomic mass is 32.2.